The summed E-state index contributed by atoms with van der Waals surface area (Å²) in [5.74, 6) is 0. The summed E-state index contributed by atoms with van der Waals surface area (Å²) in [6.07, 6.45) is 0. The van der Waals surface area contributed by atoms with E-state index in [2.05, 4.69) is 24.3 Å². The van der Waals surface area contributed by atoms with Crippen LogP contribution in [0.25, 0.3) is 98.4 Å². The van der Waals surface area contributed by atoms with Gasteiger partial charge in [0.05, 0.1) is 15.1 Å². The highest BCUT2D eigenvalue weighted by molar-refractivity contribution is 6.27. The maximum absolute atomic E-state index is 9.52. The fourth-order valence-corrected chi connectivity index (χ4v) is 7.01. The van der Waals surface area contributed by atoms with Crippen LogP contribution in [0.15, 0.2) is 174 Å². The maximum Gasteiger partial charge on any atom is 0.143 e. The van der Waals surface area contributed by atoms with E-state index in [1.54, 1.807) is 0 Å². The van der Waals surface area contributed by atoms with Crippen LogP contribution < -0.4 is 0 Å². The van der Waals surface area contributed by atoms with Crippen molar-refractivity contribution in [2.75, 3.05) is 0 Å². The van der Waals surface area contributed by atoms with Crippen molar-refractivity contribution in [1.82, 2.24) is 0 Å². The van der Waals surface area contributed by atoms with E-state index in [-0.39, 0.29) is 27.5 Å². The summed E-state index contributed by atoms with van der Waals surface area (Å²) >= 11 is 0. The van der Waals surface area contributed by atoms with Gasteiger partial charge in [0.1, 0.15) is 11.2 Å². The first kappa shape index (κ1) is 17.5. The van der Waals surface area contributed by atoms with Gasteiger partial charge in [-0.25, -0.2) is 0 Å². The molecule has 10 aromatic rings. The van der Waals surface area contributed by atoms with E-state index in [0.717, 1.165) is 54.6 Å². The van der Waals surface area contributed by atoms with Crippen LogP contribution in [0.5, 0.6) is 0 Å². The van der Waals surface area contributed by atoms with Gasteiger partial charge in [-0.15, -0.1) is 0 Å². The molecule has 1 heterocycles. The van der Waals surface area contributed by atoms with Crippen LogP contribution in [0.4, 0.5) is 0 Å². The second-order valence-electron chi connectivity index (χ2n) is 11.5. The summed E-state index contributed by atoms with van der Waals surface area (Å²) in [7, 11) is 0. The third kappa shape index (κ3) is 3.90. The molecule has 0 saturated heterocycles. The number of fused-ring (bicyclic) bond motifs is 8. The predicted octanol–water partition coefficient (Wildman–Crippen LogP) is 13.2. The van der Waals surface area contributed by atoms with Gasteiger partial charge in [0.15, 0.2) is 0 Å². The zero-order chi connectivity index (χ0) is 40.5. The molecule has 1 nitrogen and oxygen atoms in total. The maximum atomic E-state index is 9.52. The molecule has 0 fully saturated rings. The van der Waals surface area contributed by atoms with E-state index in [4.69, 9.17) is 14.0 Å². The Hall–Kier alpha value is -6.18. The van der Waals surface area contributed by atoms with Crippen LogP contribution >= 0.6 is 0 Å². The Kier molecular flexibility index (Phi) is 3.79. The van der Waals surface area contributed by atoms with Gasteiger partial charge in [-0.3, -0.25) is 0 Å². The van der Waals surface area contributed by atoms with Crippen LogP contribution in [0.2, 0.25) is 0 Å². The normalized spacial score (nSPS) is 15.1. The lowest BCUT2D eigenvalue weighted by molar-refractivity contribution is 0.673. The Balaban J connectivity index is 1.31. The summed E-state index contributed by atoms with van der Waals surface area (Å²) in [4.78, 5) is 0. The topological polar surface area (TPSA) is 13.1 Å². The Morgan fingerprint density at radius 1 is 0.383 bits per heavy atom. The first-order chi connectivity index (χ1) is 27.9. The predicted molar refractivity (Wildman–Crippen MR) is 200 cm³/mol. The average molecular weight is 608 g/mol. The number of furan rings is 1. The Morgan fingerprint density at radius 3 is 1.79 bits per heavy atom. The van der Waals surface area contributed by atoms with Crippen LogP contribution in [0, 0.1) is 0 Å². The van der Waals surface area contributed by atoms with Crippen molar-refractivity contribution >= 4 is 65.0 Å². The second kappa shape index (κ2) is 10.2. The molecule has 1 heteroatoms. The van der Waals surface area contributed by atoms with Crippen molar-refractivity contribution in [2.24, 2.45) is 0 Å². The molecule has 0 saturated carbocycles. The van der Waals surface area contributed by atoms with Crippen molar-refractivity contribution in [3.63, 3.8) is 0 Å². The van der Waals surface area contributed by atoms with E-state index in [1.165, 1.54) is 0 Å². The molecular weight excluding hydrogens is 569 g/mol. The van der Waals surface area contributed by atoms with Crippen molar-refractivity contribution in [1.29, 1.82) is 0 Å². The van der Waals surface area contributed by atoms with E-state index in [9.17, 15) is 5.48 Å². The van der Waals surface area contributed by atoms with E-state index in [0.29, 0.717) is 16.3 Å². The third-order valence-corrected chi connectivity index (χ3v) is 9.03. The van der Waals surface area contributed by atoms with Crippen LogP contribution in [-0.4, -0.2) is 0 Å². The van der Waals surface area contributed by atoms with Crippen molar-refractivity contribution in [2.45, 2.75) is 0 Å². The number of hydrogen-bond acceptors (Lipinski definition) is 1. The van der Waals surface area contributed by atoms with Crippen LogP contribution in [0.3, 0.4) is 0 Å². The van der Waals surface area contributed by atoms with Gasteiger partial charge in [0.2, 0.25) is 0 Å². The highest BCUT2D eigenvalue weighted by Gasteiger charge is 2.21. The molecule has 0 radical (unpaired) electrons. The molecule has 10 rings (SSSR count). The molecule has 0 unspecified atom stereocenters. The quantitative estimate of drug-likeness (QED) is 0.182. The van der Waals surface area contributed by atoms with Crippen LogP contribution in [-0.2, 0) is 0 Å². The summed E-state index contributed by atoms with van der Waals surface area (Å²) in [6, 6.07) is 27.2. The molecular formula is C46H28O. The van der Waals surface area contributed by atoms with Crippen LogP contribution in [0.1, 0.15) is 15.1 Å². The highest BCUT2D eigenvalue weighted by Crippen LogP contribution is 2.47. The number of hydrogen-bond donors (Lipinski definition) is 0. The van der Waals surface area contributed by atoms with Gasteiger partial charge in [-0.1, -0.05) is 157 Å². The Bertz CT molecular complexity index is 3390. The van der Waals surface area contributed by atoms with Crippen molar-refractivity contribution in [3.05, 3.63) is 170 Å². The summed E-state index contributed by atoms with van der Waals surface area (Å²) in [5.41, 5.74) is 3.06. The highest BCUT2D eigenvalue weighted by atomic mass is 16.3. The smallest absolute Gasteiger partial charge is 0.143 e. The standard InChI is InChI=1S/C46H28O/c1-3-14-33-29(11-1)13-9-20-34(33)31-23-25-32(26-24-31)43-36-16-5-7-18-38(36)44(39-19-8-6-17-37(39)43)40-21-10-22-42-45(40)41-28-27-30-12-2-4-15-35(30)46(41)47-42/h1-28H/i1D,3D,9D,11D,13D,14D,20D,23D,24D,25D,26D. The fourth-order valence-electron chi connectivity index (χ4n) is 7.01. The van der Waals surface area contributed by atoms with Crippen molar-refractivity contribution in [3.8, 4) is 33.4 Å². The number of rotatable bonds is 3. The third-order valence-electron chi connectivity index (χ3n) is 9.03. The largest absolute Gasteiger partial charge is 0.455 e. The molecule has 0 N–H and O–H groups in total. The van der Waals surface area contributed by atoms with Crippen molar-refractivity contribution < 1.29 is 19.5 Å². The molecule has 0 atom stereocenters. The minimum absolute atomic E-state index is 0.0112. The van der Waals surface area contributed by atoms with Gasteiger partial charge in [-0.05, 0) is 83.2 Å². The average Bonchev–Trinajstić information content (AvgIpc) is 3.64. The first-order valence-corrected chi connectivity index (χ1v) is 15.3. The molecule has 0 aliphatic rings. The molecule has 0 amide bonds. The monoisotopic (exact) mass is 607 g/mol. The van der Waals surface area contributed by atoms with E-state index >= 15 is 0 Å². The molecule has 0 aliphatic carbocycles. The minimum Gasteiger partial charge on any atom is -0.455 e. The Labute approximate surface area is 287 Å². The lowest BCUT2D eigenvalue weighted by atomic mass is 9.84. The van der Waals surface area contributed by atoms with Gasteiger partial charge >= 0.3 is 0 Å². The summed E-state index contributed by atoms with van der Waals surface area (Å²) < 4.78 is 104. The van der Waals surface area contributed by atoms with E-state index < -0.39 is 66.5 Å². The molecule has 218 valence electrons. The van der Waals surface area contributed by atoms with Gasteiger partial charge < -0.3 is 4.42 Å². The van der Waals surface area contributed by atoms with Gasteiger partial charge in [0.25, 0.3) is 0 Å². The lowest BCUT2D eigenvalue weighted by Crippen LogP contribution is -1.91. The molecule has 0 spiro atoms. The lowest BCUT2D eigenvalue weighted by Gasteiger charge is -2.18. The molecule has 47 heavy (non-hydrogen) atoms. The number of benzene rings is 9. The minimum atomic E-state index is -0.658. The molecule has 9 aromatic carbocycles. The fraction of sp³-hybridized carbons (Fsp3) is 0. The second-order valence-corrected chi connectivity index (χ2v) is 11.5. The SMILES string of the molecule is [2H]c1c([2H])c(-c2c([2H])c([2H])c([2H])c3c([2H])c([2H])c([2H])c([2H])c23)c([2H])c([2H])c1-c1c2ccccc2c(-c2cccc3oc4c5ccccc5ccc4c23)c2ccccc12. The van der Waals surface area contributed by atoms with Gasteiger partial charge in [0, 0.05) is 16.2 Å². The molecule has 0 aliphatic heterocycles. The molecule has 0 bridgehead atoms. The summed E-state index contributed by atoms with van der Waals surface area (Å²) in [5, 5.41) is 6.27. The zero-order valence-electron chi connectivity index (χ0n) is 35.7. The molecule has 1 aromatic heterocycles. The zero-order valence-corrected chi connectivity index (χ0v) is 24.7. The first-order valence-electron chi connectivity index (χ1n) is 20.8. The van der Waals surface area contributed by atoms with E-state index in [1.807, 2.05) is 78.9 Å². The summed E-state index contributed by atoms with van der Waals surface area (Å²) in [6.45, 7) is 0. The Morgan fingerprint density at radius 2 is 1.02 bits per heavy atom. The van der Waals surface area contributed by atoms with Gasteiger partial charge in [-0.2, -0.15) is 0 Å².